The first-order valence-electron chi connectivity index (χ1n) is 8.39. The predicted octanol–water partition coefficient (Wildman–Crippen LogP) is 1.56. The molecule has 1 fully saturated rings. The van der Waals surface area contributed by atoms with E-state index in [1.807, 2.05) is 13.8 Å². The summed E-state index contributed by atoms with van der Waals surface area (Å²) in [7, 11) is 0. The van der Waals surface area contributed by atoms with Crippen molar-refractivity contribution in [1.29, 1.82) is 0 Å². The lowest BCUT2D eigenvalue weighted by Crippen LogP contribution is -2.55. The highest BCUT2D eigenvalue weighted by Gasteiger charge is 2.45. The Bertz CT molecular complexity index is 632. The van der Waals surface area contributed by atoms with Crippen LogP contribution in [0.1, 0.15) is 41.0 Å². The van der Waals surface area contributed by atoms with Crippen LogP contribution in [0.3, 0.4) is 0 Å². The van der Waals surface area contributed by atoms with E-state index < -0.39 is 6.04 Å². The van der Waals surface area contributed by atoms with Crippen molar-refractivity contribution in [1.82, 2.24) is 9.80 Å². The molecule has 0 N–H and O–H groups in total. The molecule has 24 heavy (non-hydrogen) atoms. The lowest BCUT2D eigenvalue weighted by molar-refractivity contribution is -0.141. The highest BCUT2D eigenvalue weighted by atomic mass is 16.5. The van der Waals surface area contributed by atoms with Crippen molar-refractivity contribution < 1.29 is 19.1 Å². The van der Waals surface area contributed by atoms with E-state index in [2.05, 4.69) is 0 Å². The molecule has 2 aliphatic heterocycles. The SMILES string of the molecule is CC[C@@H](C)[C@@H](C(=O)N1CCOCC1)N1C(=O)c2ccccc2C1=O. The van der Waals surface area contributed by atoms with Crippen LogP contribution in [0.5, 0.6) is 0 Å². The van der Waals surface area contributed by atoms with Gasteiger partial charge in [-0.2, -0.15) is 0 Å². The van der Waals surface area contributed by atoms with E-state index in [9.17, 15) is 14.4 Å². The molecule has 6 nitrogen and oxygen atoms in total. The summed E-state index contributed by atoms with van der Waals surface area (Å²) in [4.78, 5) is 41.4. The third kappa shape index (κ3) is 2.71. The molecule has 3 rings (SSSR count). The second-order valence-corrected chi connectivity index (χ2v) is 6.29. The molecule has 0 aliphatic carbocycles. The van der Waals surface area contributed by atoms with Crippen LogP contribution in [0.15, 0.2) is 24.3 Å². The molecule has 2 aliphatic rings. The molecule has 128 valence electrons. The monoisotopic (exact) mass is 330 g/mol. The molecule has 2 heterocycles. The number of morpholine rings is 1. The van der Waals surface area contributed by atoms with E-state index in [0.29, 0.717) is 43.9 Å². The Morgan fingerprint density at radius 2 is 1.67 bits per heavy atom. The first kappa shape index (κ1) is 16.6. The Morgan fingerprint density at radius 3 is 2.17 bits per heavy atom. The molecule has 1 aromatic rings. The fourth-order valence-corrected chi connectivity index (χ4v) is 3.26. The summed E-state index contributed by atoms with van der Waals surface area (Å²) in [5.41, 5.74) is 0.760. The Kier molecular flexibility index (Phi) is 4.66. The van der Waals surface area contributed by atoms with Crippen LogP contribution in [0, 0.1) is 5.92 Å². The second kappa shape index (κ2) is 6.73. The number of amides is 3. The summed E-state index contributed by atoms with van der Waals surface area (Å²) < 4.78 is 5.29. The zero-order valence-electron chi connectivity index (χ0n) is 14.0. The third-order valence-electron chi connectivity index (χ3n) is 4.86. The van der Waals surface area contributed by atoms with Gasteiger partial charge < -0.3 is 9.64 Å². The molecule has 3 amide bonds. The molecular formula is C18H22N2O4. The van der Waals surface area contributed by atoms with E-state index in [4.69, 9.17) is 4.74 Å². The van der Waals surface area contributed by atoms with Crippen LogP contribution in [-0.2, 0) is 9.53 Å². The summed E-state index contributed by atoms with van der Waals surface area (Å²) in [6.07, 6.45) is 0.703. The summed E-state index contributed by atoms with van der Waals surface area (Å²) in [5.74, 6) is -1.02. The lowest BCUT2D eigenvalue weighted by Gasteiger charge is -2.36. The molecule has 1 saturated heterocycles. The molecule has 0 radical (unpaired) electrons. The smallest absolute Gasteiger partial charge is 0.262 e. The molecule has 0 spiro atoms. The van der Waals surface area contributed by atoms with Crippen molar-refractivity contribution in [3.05, 3.63) is 35.4 Å². The Hall–Kier alpha value is -2.21. The first-order valence-corrected chi connectivity index (χ1v) is 8.39. The van der Waals surface area contributed by atoms with Gasteiger partial charge in [0.15, 0.2) is 0 Å². The van der Waals surface area contributed by atoms with E-state index in [1.54, 1.807) is 29.2 Å². The minimum atomic E-state index is -0.763. The lowest BCUT2D eigenvalue weighted by atomic mass is 9.96. The largest absolute Gasteiger partial charge is 0.378 e. The van der Waals surface area contributed by atoms with Crippen LogP contribution in [0.25, 0.3) is 0 Å². The average molecular weight is 330 g/mol. The minimum Gasteiger partial charge on any atom is -0.378 e. The van der Waals surface area contributed by atoms with Crippen molar-refractivity contribution >= 4 is 17.7 Å². The van der Waals surface area contributed by atoms with Gasteiger partial charge in [0.05, 0.1) is 24.3 Å². The van der Waals surface area contributed by atoms with Crippen molar-refractivity contribution in [3.63, 3.8) is 0 Å². The van der Waals surface area contributed by atoms with Crippen LogP contribution in [0.2, 0.25) is 0 Å². The Balaban J connectivity index is 1.94. The van der Waals surface area contributed by atoms with Crippen LogP contribution < -0.4 is 0 Å². The van der Waals surface area contributed by atoms with Crippen molar-refractivity contribution in [3.8, 4) is 0 Å². The maximum Gasteiger partial charge on any atom is 0.262 e. The zero-order chi connectivity index (χ0) is 17.3. The number of benzene rings is 1. The predicted molar refractivity (Wildman–Crippen MR) is 87.6 cm³/mol. The van der Waals surface area contributed by atoms with Crippen molar-refractivity contribution in [2.75, 3.05) is 26.3 Å². The fraction of sp³-hybridized carbons (Fsp3) is 0.500. The van der Waals surface area contributed by atoms with Crippen molar-refractivity contribution in [2.45, 2.75) is 26.3 Å². The van der Waals surface area contributed by atoms with E-state index in [-0.39, 0.29) is 23.6 Å². The highest BCUT2D eigenvalue weighted by Crippen LogP contribution is 2.29. The van der Waals surface area contributed by atoms with E-state index in [1.165, 1.54) is 0 Å². The van der Waals surface area contributed by atoms with Crippen LogP contribution in [-0.4, -0.2) is 59.9 Å². The quantitative estimate of drug-likeness (QED) is 0.786. The van der Waals surface area contributed by atoms with Gasteiger partial charge in [-0.15, -0.1) is 0 Å². The van der Waals surface area contributed by atoms with Gasteiger partial charge in [-0.3, -0.25) is 19.3 Å². The first-order chi connectivity index (χ1) is 11.6. The van der Waals surface area contributed by atoms with Gasteiger partial charge in [0.25, 0.3) is 11.8 Å². The molecule has 6 heteroatoms. The van der Waals surface area contributed by atoms with Gasteiger partial charge in [-0.25, -0.2) is 0 Å². The normalized spacial score (nSPS) is 20.1. The number of carbonyl (C=O) groups excluding carboxylic acids is 3. The topological polar surface area (TPSA) is 66.9 Å². The van der Waals surface area contributed by atoms with Gasteiger partial charge in [0.1, 0.15) is 6.04 Å². The highest BCUT2D eigenvalue weighted by molar-refractivity contribution is 6.22. The molecule has 2 atom stereocenters. The van der Waals surface area contributed by atoms with Gasteiger partial charge in [0.2, 0.25) is 5.91 Å². The third-order valence-corrected chi connectivity index (χ3v) is 4.86. The molecule has 0 aromatic heterocycles. The minimum absolute atomic E-state index is 0.109. The standard InChI is InChI=1S/C18H22N2O4/c1-3-12(2)15(18(23)19-8-10-24-11-9-19)20-16(21)13-6-4-5-7-14(13)17(20)22/h4-7,12,15H,3,8-11H2,1-2H3/t12-,15+/m1/s1. The number of imide groups is 1. The summed E-state index contributed by atoms with van der Waals surface area (Å²) in [6, 6.07) is 5.98. The zero-order valence-corrected chi connectivity index (χ0v) is 14.0. The number of hydrogen-bond donors (Lipinski definition) is 0. The summed E-state index contributed by atoms with van der Waals surface area (Å²) in [5, 5.41) is 0. The number of ether oxygens (including phenoxy) is 1. The second-order valence-electron chi connectivity index (χ2n) is 6.29. The maximum atomic E-state index is 13.1. The van der Waals surface area contributed by atoms with E-state index in [0.717, 1.165) is 4.90 Å². The number of fused-ring (bicyclic) bond motifs is 1. The van der Waals surface area contributed by atoms with Crippen LogP contribution in [0.4, 0.5) is 0 Å². The van der Waals surface area contributed by atoms with Gasteiger partial charge in [-0.05, 0) is 18.1 Å². The Morgan fingerprint density at radius 1 is 1.12 bits per heavy atom. The fourth-order valence-electron chi connectivity index (χ4n) is 3.26. The number of rotatable bonds is 4. The molecule has 0 saturated carbocycles. The number of carbonyl (C=O) groups is 3. The average Bonchev–Trinajstić information content (AvgIpc) is 2.88. The van der Waals surface area contributed by atoms with Crippen molar-refractivity contribution in [2.24, 2.45) is 5.92 Å². The molecule has 0 unspecified atom stereocenters. The van der Waals surface area contributed by atoms with E-state index >= 15 is 0 Å². The molecule has 1 aromatic carbocycles. The molecule has 0 bridgehead atoms. The summed E-state index contributed by atoms with van der Waals surface area (Å²) in [6.45, 7) is 5.83. The number of nitrogens with zero attached hydrogens (tertiary/aromatic N) is 2. The van der Waals surface area contributed by atoms with Crippen LogP contribution >= 0.6 is 0 Å². The summed E-state index contributed by atoms with van der Waals surface area (Å²) >= 11 is 0. The van der Waals surface area contributed by atoms with Gasteiger partial charge in [0, 0.05) is 13.1 Å². The Labute approximate surface area is 141 Å². The maximum absolute atomic E-state index is 13.1. The van der Waals surface area contributed by atoms with Gasteiger partial charge >= 0.3 is 0 Å². The number of hydrogen-bond acceptors (Lipinski definition) is 4. The molecular weight excluding hydrogens is 308 g/mol. The van der Waals surface area contributed by atoms with Gasteiger partial charge in [-0.1, -0.05) is 32.4 Å².